The second kappa shape index (κ2) is 8.49. The molecule has 2 amide bonds. The van der Waals surface area contributed by atoms with Gasteiger partial charge in [-0.1, -0.05) is 23.8 Å². The molecule has 2 rings (SSSR count). The van der Waals surface area contributed by atoms with Crippen LogP contribution in [0.4, 0.5) is 5.69 Å². The van der Waals surface area contributed by atoms with Gasteiger partial charge in [0, 0.05) is 26.6 Å². The van der Waals surface area contributed by atoms with Crippen LogP contribution in [-0.2, 0) is 4.79 Å². The van der Waals surface area contributed by atoms with Gasteiger partial charge in [-0.15, -0.1) is 0 Å². The van der Waals surface area contributed by atoms with Crippen molar-refractivity contribution < 1.29 is 9.59 Å². The minimum atomic E-state index is -0.271. The summed E-state index contributed by atoms with van der Waals surface area (Å²) in [6.45, 7) is 3.68. The maximum absolute atomic E-state index is 12.0. The third kappa shape index (κ3) is 5.69. The molecule has 0 aromatic heterocycles. The molecule has 6 heteroatoms. The molecule has 2 aromatic rings. The highest BCUT2D eigenvalue weighted by molar-refractivity contribution is 14.1. The average Bonchev–Trinajstić information content (AvgIpc) is 2.54. The molecule has 2 aromatic carbocycles. The number of aryl methyl sites for hydroxylation is 1. The highest BCUT2D eigenvalue weighted by atomic mass is 127. The van der Waals surface area contributed by atoms with E-state index < -0.39 is 0 Å². The van der Waals surface area contributed by atoms with Crippen LogP contribution in [0.2, 0.25) is 0 Å². The minimum absolute atomic E-state index is 0.264. The zero-order valence-electron chi connectivity index (χ0n) is 13.4. The molecule has 0 heterocycles. The van der Waals surface area contributed by atoms with Gasteiger partial charge < -0.3 is 10.7 Å². The van der Waals surface area contributed by atoms with Gasteiger partial charge in [0.2, 0.25) is 5.91 Å². The van der Waals surface area contributed by atoms with Crippen molar-refractivity contribution in [3.63, 3.8) is 0 Å². The fourth-order valence-electron chi connectivity index (χ4n) is 1.91. The molecule has 0 bridgehead atoms. The first-order chi connectivity index (χ1) is 11.4. The number of benzene rings is 2. The van der Waals surface area contributed by atoms with Gasteiger partial charge in [0.1, 0.15) is 0 Å². The number of hydrazine groups is 1. The van der Waals surface area contributed by atoms with Crippen LogP contribution in [0.5, 0.6) is 0 Å². The van der Waals surface area contributed by atoms with Crippen molar-refractivity contribution >= 4 is 40.1 Å². The summed E-state index contributed by atoms with van der Waals surface area (Å²) in [6.07, 6.45) is 1.38. The summed E-state index contributed by atoms with van der Waals surface area (Å²) in [5.74, 6) is -0.535. The van der Waals surface area contributed by atoms with E-state index in [9.17, 15) is 9.59 Å². The van der Waals surface area contributed by atoms with Gasteiger partial charge in [-0.3, -0.25) is 15.0 Å². The predicted molar refractivity (Wildman–Crippen MR) is 103 cm³/mol. The first-order valence-corrected chi connectivity index (χ1v) is 8.40. The minimum Gasteiger partial charge on any atom is -0.322 e. The molecule has 0 unspecified atom stereocenters. The molecule has 0 fully saturated rings. The van der Waals surface area contributed by atoms with E-state index in [1.54, 1.807) is 19.1 Å². The summed E-state index contributed by atoms with van der Waals surface area (Å²) in [7, 11) is 0. The van der Waals surface area contributed by atoms with Gasteiger partial charge in [0.15, 0.2) is 0 Å². The van der Waals surface area contributed by atoms with Crippen molar-refractivity contribution in [1.82, 2.24) is 10.9 Å². The van der Waals surface area contributed by atoms with Crippen molar-refractivity contribution in [3.8, 4) is 0 Å². The van der Waals surface area contributed by atoms with Crippen LogP contribution in [0.15, 0.2) is 60.3 Å². The maximum Gasteiger partial charge on any atom is 0.269 e. The van der Waals surface area contributed by atoms with Gasteiger partial charge in [0.25, 0.3) is 5.91 Å². The number of hydrogen-bond acceptors (Lipinski definition) is 3. The second-order valence-electron chi connectivity index (χ2n) is 5.27. The number of rotatable bonds is 5. The summed E-state index contributed by atoms with van der Waals surface area (Å²) < 4.78 is 0.977. The monoisotopic (exact) mass is 435 g/mol. The zero-order valence-corrected chi connectivity index (χ0v) is 15.5. The second-order valence-corrected chi connectivity index (χ2v) is 6.52. The number of carbonyl (C=O) groups is 2. The summed E-state index contributed by atoms with van der Waals surface area (Å²) in [6, 6.07) is 14.7. The normalized spacial score (nSPS) is 10.9. The Bertz CT molecular complexity index is 770. The summed E-state index contributed by atoms with van der Waals surface area (Å²) >= 11 is 2.14. The SMILES string of the molecule is CC(=CC(=O)Nc1ccc(C)cc1)NNC(=O)c1cccc(I)c1. The van der Waals surface area contributed by atoms with E-state index in [2.05, 4.69) is 38.8 Å². The Morgan fingerprint density at radius 2 is 1.75 bits per heavy atom. The van der Waals surface area contributed by atoms with Crippen LogP contribution >= 0.6 is 22.6 Å². The number of amides is 2. The van der Waals surface area contributed by atoms with Crippen LogP contribution in [0, 0.1) is 10.5 Å². The molecule has 124 valence electrons. The topological polar surface area (TPSA) is 70.2 Å². The molecule has 0 saturated carbocycles. The molecular weight excluding hydrogens is 417 g/mol. The Labute approximate surface area is 154 Å². The molecule has 0 aliphatic rings. The number of nitrogens with one attached hydrogen (secondary N) is 3. The van der Waals surface area contributed by atoms with Crippen LogP contribution in [-0.4, -0.2) is 11.8 Å². The van der Waals surface area contributed by atoms with E-state index in [-0.39, 0.29) is 11.8 Å². The third-order valence-corrected chi connectivity index (χ3v) is 3.80. The zero-order chi connectivity index (χ0) is 17.5. The van der Waals surface area contributed by atoms with Crippen molar-refractivity contribution in [3.05, 3.63) is 75.0 Å². The van der Waals surface area contributed by atoms with Crippen molar-refractivity contribution in [2.75, 3.05) is 5.32 Å². The first kappa shape index (κ1) is 18.0. The third-order valence-electron chi connectivity index (χ3n) is 3.13. The largest absolute Gasteiger partial charge is 0.322 e. The lowest BCUT2D eigenvalue weighted by atomic mass is 10.2. The smallest absolute Gasteiger partial charge is 0.269 e. The van der Waals surface area contributed by atoms with E-state index in [0.29, 0.717) is 11.3 Å². The van der Waals surface area contributed by atoms with Crippen LogP contribution in [0.25, 0.3) is 0 Å². The summed E-state index contributed by atoms with van der Waals surface area (Å²) in [5.41, 5.74) is 8.21. The molecule has 5 nitrogen and oxygen atoms in total. The van der Waals surface area contributed by atoms with Crippen LogP contribution in [0.1, 0.15) is 22.8 Å². The molecule has 0 aliphatic carbocycles. The number of carbonyl (C=O) groups excluding carboxylic acids is 2. The van der Waals surface area contributed by atoms with E-state index in [1.807, 2.05) is 43.3 Å². The van der Waals surface area contributed by atoms with E-state index in [0.717, 1.165) is 14.8 Å². The van der Waals surface area contributed by atoms with E-state index in [4.69, 9.17) is 0 Å². The molecule has 0 aliphatic heterocycles. The molecule has 24 heavy (non-hydrogen) atoms. The van der Waals surface area contributed by atoms with Gasteiger partial charge in [0.05, 0.1) is 0 Å². The van der Waals surface area contributed by atoms with E-state index in [1.165, 1.54) is 6.08 Å². The highest BCUT2D eigenvalue weighted by Crippen LogP contribution is 2.09. The number of allylic oxidation sites excluding steroid dienone is 1. The lowest BCUT2D eigenvalue weighted by Crippen LogP contribution is -2.36. The molecule has 0 atom stereocenters. The Morgan fingerprint density at radius 1 is 1.04 bits per heavy atom. The fourth-order valence-corrected chi connectivity index (χ4v) is 2.45. The Morgan fingerprint density at radius 3 is 2.42 bits per heavy atom. The Hall–Kier alpha value is -2.35. The van der Waals surface area contributed by atoms with E-state index >= 15 is 0 Å². The summed E-state index contributed by atoms with van der Waals surface area (Å²) in [4.78, 5) is 23.9. The van der Waals surface area contributed by atoms with Crippen LogP contribution in [0.3, 0.4) is 0 Å². The highest BCUT2D eigenvalue weighted by Gasteiger charge is 2.05. The van der Waals surface area contributed by atoms with Crippen molar-refractivity contribution in [2.45, 2.75) is 13.8 Å². The summed E-state index contributed by atoms with van der Waals surface area (Å²) in [5, 5.41) is 2.76. The quantitative estimate of drug-likeness (QED) is 0.383. The Balaban J connectivity index is 1.87. The number of halogens is 1. The standard InChI is InChI=1S/C18H18IN3O2/c1-12-6-8-16(9-7-12)20-17(23)10-13(2)21-22-18(24)14-4-3-5-15(19)11-14/h3-11,21H,1-2H3,(H,20,23)(H,22,24). The van der Waals surface area contributed by atoms with Gasteiger partial charge in [-0.2, -0.15) is 0 Å². The molecule has 0 saturated heterocycles. The van der Waals surface area contributed by atoms with Crippen LogP contribution < -0.4 is 16.2 Å². The molecular formula is C18H18IN3O2. The Kier molecular flexibility index (Phi) is 6.36. The molecule has 0 radical (unpaired) electrons. The number of anilines is 1. The molecule has 3 N–H and O–H groups in total. The van der Waals surface area contributed by atoms with Gasteiger partial charge in [-0.25, -0.2) is 0 Å². The lowest BCUT2D eigenvalue weighted by molar-refractivity contribution is -0.112. The number of hydrogen-bond donors (Lipinski definition) is 3. The molecule has 0 spiro atoms. The van der Waals surface area contributed by atoms with Crippen molar-refractivity contribution in [2.24, 2.45) is 0 Å². The average molecular weight is 435 g/mol. The maximum atomic E-state index is 12.0. The van der Waals surface area contributed by atoms with Crippen molar-refractivity contribution in [1.29, 1.82) is 0 Å². The fraction of sp³-hybridized carbons (Fsp3) is 0.111. The first-order valence-electron chi connectivity index (χ1n) is 7.32. The van der Waals surface area contributed by atoms with Gasteiger partial charge in [-0.05, 0) is 66.8 Å². The lowest BCUT2D eigenvalue weighted by Gasteiger charge is -2.09. The van der Waals surface area contributed by atoms with Gasteiger partial charge >= 0.3 is 0 Å². The predicted octanol–water partition coefficient (Wildman–Crippen LogP) is 3.38.